The molecule has 0 bridgehead atoms. The molecule has 10 heteroatoms. The maximum Gasteiger partial charge on any atom is 0.356 e. The average molecular weight is 303 g/mol. The molecule has 1 aromatic heterocycles. The number of carbonyl (C=O) groups is 1. The highest BCUT2D eigenvalue weighted by molar-refractivity contribution is 7.87. The molecule has 0 saturated carbocycles. The van der Waals surface area contributed by atoms with E-state index in [1.807, 2.05) is 0 Å². The highest BCUT2D eigenvalue weighted by Gasteiger charge is 2.10. The van der Waals surface area contributed by atoms with E-state index in [0.717, 1.165) is 6.20 Å². The molecule has 0 unspecified atom stereocenters. The molecule has 1 aromatic rings. The fourth-order valence-electron chi connectivity index (χ4n) is 1.26. The van der Waals surface area contributed by atoms with Gasteiger partial charge in [0.05, 0.1) is 12.4 Å². The number of nitrogens with one attached hydrogen (secondary N) is 3. The predicted molar refractivity (Wildman–Crippen MR) is 72.7 cm³/mol. The third kappa shape index (κ3) is 5.91. The Morgan fingerprint density at radius 3 is 2.50 bits per heavy atom. The van der Waals surface area contributed by atoms with Crippen LogP contribution in [0, 0.1) is 0 Å². The van der Waals surface area contributed by atoms with Crippen LogP contribution in [-0.2, 0) is 10.2 Å². The number of carboxylic acid groups (broad SMARTS) is 1. The quantitative estimate of drug-likeness (QED) is 0.472. The number of hydrogen-bond donors (Lipinski definition) is 4. The van der Waals surface area contributed by atoms with Gasteiger partial charge in [-0.25, -0.2) is 19.5 Å². The van der Waals surface area contributed by atoms with Gasteiger partial charge in [0, 0.05) is 19.1 Å². The molecule has 112 valence electrons. The van der Waals surface area contributed by atoms with Crippen LogP contribution in [0.4, 0.5) is 5.82 Å². The Labute approximate surface area is 117 Å². The van der Waals surface area contributed by atoms with Crippen molar-refractivity contribution < 1.29 is 18.3 Å². The van der Waals surface area contributed by atoms with Crippen molar-refractivity contribution in [3.8, 4) is 0 Å². The Morgan fingerprint density at radius 1 is 1.30 bits per heavy atom. The lowest BCUT2D eigenvalue weighted by atomic mass is 10.4. The average Bonchev–Trinajstić information content (AvgIpc) is 2.33. The SMILES string of the molecule is CC(C)NS(=O)(=O)NCCNc1cnc(C(=O)O)cn1. The number of carboxylic acids is 1. The number of hydrogen-bond acceptors (Lipinski definition) is 6. The van der Waals surface area contributed by atoms with Crippen molar-refractivity contribution in [2.45, 2.75) is 19.9 Å². The predicted octanol–water partition coefficient (Wildman–Crippen LogP) is -0.581. The topological polar surface area (TPSA) is 133 Å². The summed E-state index contributed by atoms with van der Waals surface area (Å²) in [6, 6.07) is -0.185. The van der Waals surface area contributed by atoms with E-state index >= 15 is 0 Å². The first-order chi connectivity index (χ1) is 9.30. The first-order valence-electron chi connectivity index (χ1n) is 5.86. The van der Waals surface area contributed by atoms with Gasteiger partial charge >= 0.3 is 5.97 Å². The second-order valence-corrected chi connectivity index (χ2v) is 5.72. The minimum Gasteiger partial charge on any atom is -0.476 e. The molecule has 0 aromatic carbocycles. The van der Waals surface area contributed by atoms with Gasteiger partial charge < -0.3 is 10.4 Å². The van der Waals surface area contributed by atoms with E-state index in [-0.39, 0.29) is 18.3 Å². The molecular weight excluding hydrogens is 286 g/mol. The molecule has 0 aliphatic heterocycles. The van der Waals surface area contributed by atoms with Crippen LogP contribution in [0.5, 0.6) is 0 Å². The summed E-state index contributed by atoms with van der Waals surface area (Å²) >= 11 is 0. The van der Waals surface area contributed by atoms with E-state index < -0.39 is 16.2 Å². The van der Waals surface area contributed by atoms with Crippen LogP contribution in [-0.4, -0.2) is 48.6 Å². The standard InChI is InChI=1S/C10H17N5O4S/c1-7(2)15-20(18,19)14-4-3-11-9-6-12-8(5-13-9)10(16)17/h5-7,14-15H,3-4H2,1-2H3,(H,11,13)(H,16,17). The number of aromatic carboxylic acids is 1. The van der Waals surface area contributed by atoms with Crippen LogP contribution < -0.4 is 14.8 Å². The number of aromatic nitrogens is 2. The smallest absolute Gasteiger partial charge is 0.356 e. The minimum atomic E-state index is -3.51. The summed E-state index contributed by atoms with van der Waals surface area (Å²) in [6.45, 7) is 3.89. The fourth-order valence-corrected chi connectivity index (χ4v) is 2.33. The number of anilines is 1. The molecule has 0 spiro atoms. The zero-order chi connectivity index (χ0) is 15.2. The van der Waals surface area contributed by atoms with E-state index in [2.05, 4.69) is 24.7 Å². The molecule has 0 saturated heterocycles. The zero-order valence-electron chi connectivity index (χ0n) is 11.1. The highest BCUT2D eigenvalue weighted by Crippen LogP contribution is 2.00. The minimum absolute atomic E-state index is 0.155. The molecule has 0 amide bonds. The Balaban J connectivity index is 2.36. The van der Waals surface area contributed by atoms with Gasteiger partial charge in [-0.3, -0.25) is 0 Å². The van der Waals surface area contributed by atoms with Gasteiger partial charge in [-0.2, -0.15) is 13.1 Å². The van der Waals surface area contributed by atoms with Gasteiger partial charge in [0.2, 0.25) is 0 Å². The molecule has 0 fully saturated rings. The lowest BCUT2D eigenvalue weighted by molar-refractivity contribution is 0.0690. The van der Waals surface area contributed by atoms with Crippen molar-refractivity contribution in [1.29, 1.82) is 0 Å². The first kappa shape index (κ1) is 16.3. The third-order valence-electron chi connectivity index (χ3n) is 1.99. The maximum absolute atomic E-state index is 11.4. The molecule has 0 atom stereocenters. The van der Waals surface area contributed by atoms with Crippen molar-refractivity contribution in [2.75, 3.05) is 18.4 Å². The molecule has 0 aliphatic rings. The number of nitrogens with zero attached hydrogens (tertiary/aromatic N) is 2. The molecule has 0 radical (unpaired) electrons. The Bertz CT molecular complexity index is 543. The summed E-state index contributed by atoms with van der Waals surface area (Å²) in [6.07, 6.45) is 2.39. The summed E-state index contributed by atoms with van der Waals surface area (Å²) in [5.41, 5.74) is -0.155. The van der Waals surface area contributed by atoms with Crippen LogP contribution in [0.15, 0.2) is 12.4 Å². The van der Waals surface area contributed by atoms with Gasteiger partial charge in [-0.15, -0.1) is 0 Å². The normalized spacial score (nSPS) is 11.6. The summed E-state index contributed by atoms with van der Waals surface area (Å²) in [4.78, 5) is 18.1. The lowest BCUT2D eigenvalue weighted by Crippen LogP contribution is -2.41. The van der Waals surface area contributed by atoms with E-state index in [1.54, 1.807) is 13.8 Å². The summed E-state index contributed by atoms with van der Waals surface area (Å²) in [5, 5.41) is 11.5. The summed E-state index contributed by atoms with van der Waals surface area (Å²) in [5.74, 6) is -0.789. The molecule has 0 aliphatic carbocycles. The van der Waals surface area contributed by atoms with Gasteiger partial charge in [-0.05, 0) is 13.8 Å². The van der Waals surface area contributed by atoms with Crippen LogP contribution in [0.1, 0.15) is 24.3 Å². The summed E-state index contributed by atoms with van der Waals surface area (Å²) in [7, 11) is -3.51. The number of rotatable bonds is 8. The molecule has 9 nitrogen and oxygen atoms in total. The second kappa shape index (κ2) is 7.12. The van der Waals surface area contributed by atoms with E-state index in [1.165, 1.54) is 6.20 Å². The molecule has 4 N–H and O–H groups in total. The van der Waals surface area contributed by atoms with Gasteiger partial charge in [0.15, 0.2) is 5.69 Å². The maximum atomic E-state index is 11.4. The van der Waals surface area contributed by atoms with Crippen molar-refractivity contribution in [1.82, 2.24) is 19.4 Å². The molecular formula is C10H17N5O4S. The monoisotopic (exact) mass is 303 g/mol. The van der Waals surface area contributed by atoms with E-state index in [9.17, 15) is 13.2 Å². The van der Waals surface area contributed by atoms with Crippen LogP contribution in [0.25, 0.3) is 0 Å². The van der Waals surface area contributed by atoms with Crippen molar-refractivity contribution >= 4 is 22.0 Å². The molecule has 20 heavy (non-hydrogen) atoms. The van der Waals surface area contributed by atoms with Crippen LogP contribution in [0.2, 0.25) is 0 Å². The van der Waals surface area contributed by atoms with E-state index in [4.69, 9.17) is 5.11 Å². The Kier molecular flexibility index (Phi) is 5.80. The first-order valence-corrected chi connectivity index (χ1v) is 7.34. The summed E-state index contributed by atoms with van der Waals surface area (Å²) < 4.78 is 27.6. The highest BCUT2D eigenvalue weighted by atomic mass is 32.2. The van der Waals surface area contributed by atoms with Crippen molar-refractivity contribution in [3.05, 3.63) is 18.1 Å². The third-order valence-corrected chi connectivity index (χ3v) is 3.35. The zero-order valence-corrected chi connectivity index (χ0v) is 11.9. The lowest BCUT2D eigenvalue weighted by Gasteiger charge is -2.11. The second-order valence-electron chi connectivity index (χ2n) is 4.19. The van der Waals surface area contributed by atoms with Gasteiger partial charge in [0.1, 0.15) is 5.82 Å². The molecule has 1 rings (SSSR count). The van der Waals surface area contributed by atoms with Gasteiger partial charge in [-0.1, -0.05) is 0 Å². The molecule has 1 heterocycles. The fraction of sp³-hybridized carbons (Fsp3) is 0.500. The van der Waals surface area contributed by atoms with Crippen molar-refractivity contribution in [2.24, 2.45) is 0 Å². The van der Waals surface area contributed by atoms with E-state index in [0.29, 0.717) is 12.4 Å². The van der Waals surface area contributed by atoms with Crippen LogP contribution in [0.3, 0.4) is 0 Å². The Hall–Kier alpha value is -1.78. The largest absolute Gasteiger partial charge is 0.476 e. The van der Waals surface area contributed by atoms with Crippen molar-refractivity contribution in [3.63, 3.8) is 0 Å². The van der Waals surface area contributed by atoms with Gasteiger partial charge in [0.25, 0.3) is 10.2 Å². The van der Waals surface area contributed by atoms with Crippen LogP contribution >= 0.6 is 0 Å². The Morgan fingerprint density at radius 2 is 2.00 bits per heavy atom.